The molecule has 0 aromatic heterocycles. The zero-order chi connectivity index (χ0) is 13.5. The quantitative estimate of drug-likeness (QED) is 0.520. The van der Waals surface area contributed by atoms with Gasteiger partial charge in [0.15, 0.2) is 5.82 Å². The zero-order valence-electron chi connectivity index (χ0n) is 9.93. The number of ether oxygens (including phenoxy) is 1. The third-order valence-electron chi connectivity index (χ3n) is 2.16. The van der Waals surface area contributed by atoms with Crippen LogP contribution in [-0.2, 0) is 9.53 Å². The van der Waals surface area contributed by atoms with Crippen LogP contribution in [0.15, 0.2) is 12.1 Å². The number of anilines is 2. The molecule has 1 aromatic carbocycles. The maximum atomic E-state index is 13.1. The van der Waals surface area contributed by atoms with Gasteiger partial charge in [0.05, 0.1) is 24.5 Å². The molecule has 0 aliphatic rings. The lowest BCUT2D eigenvalue weighted by Crippen LogP contribution is -2.32. The number of halogens is 2. The van der Waals surface area contributed by atoms with E-state index in [4.69, 9.17) is 10.5 Å². The van der Waals surface area contributed by atoms with E-state index in [0.29, 0.717) is 19.2 Å². The maximum Gasteiger partial charge on any atom is 0.239 e. The number of methoxy groups -OCH3 is 1. The molecule has 0 aliphatic heterocycles. The van der Waals surface area contributed by atoms with Crippen molar-refractivity contribution in [1.82, 2.24) is 5.32 Å². The van der Waals surface area contributed by atoms with E-state index in [0.717, 1.165) is 6.07 Å². The highest BCUT2D eigenvalue weighted by Crippen LogP contribution is 2.22. The summed E-state index contributed by atoms with van der Waals surface area (Å²) in [6.07, 6.45) is 0. The molecule has 0 atom stereocenters. The summed E-state index contributed by atoms with van der Waals surface area (Å²) < 4.78 is 30.8. The minimum atomic E-state index is -0.864. The van der Waals surface area contributed by atoms with Crippen LogP contribution in [0.5, 0.6) is 0 Å². The summed E-state index contributed by atoms with van der Waals surface area (Å²) in [5.41, 5.74) is 5.23. The molecule has 5 nitrogen and oxygen atoms in total. The number of benzene rings is 1. The van der Waals surface area contributed by atoms with Crippen LogP contribution in [0, 0.1) is 11.6 Å². The molecule has 4 N–H and O–H groups in total. The van der Waals surface area contributed by atoms with Gasteiger partial charge in [0, 0.05) is 19.7 Å². The summed E-state index contributed by atoms with van der Waals surface area (Å²) in [7, 11) is 1.51. The predicted octanol–water partition coefficient (Wildman–Crippen LogP) is 0.721. The summed E-state index contributed by atoms with van der Waals surface area (Å²) in [6.45, 7) is 0.628. The third kappa shape index (κ3) is 4.17. The van der Waals surface area contributed by atoms with Crippen molar-refractivity contribution >= 4 is 17.3 Å². The molecular formula is C11H15F2N3O2. The van der Waals surface area contributed by atoms with Crippen molar-refractivity contribution in [3.8, 4) is 0 Å². The smallest absolute Gasteiger partial charge is 0.239 e. The van der Waals surface area contributed by atoms with Gasteiger partial charge in [0.1, 0.15) is 5.82 Å². The average molecular weight is 259 g/mol. The first-order chi connectivity index (χ1) is 8.54. The molecule has 0 saturated heterocycles. The number of nitrogen functional groups attached to an aromatic ring is 1. The van der Waals surface area contributed by atoms with Crippen LogP contribution in [0.3, 0.4) is 0 Å². The third-order valence-corrected chi connectivity index (χ3v) is 2.16. The van der Waals surface area contributed by atoms with E-state index in [2.05, 4.69) is 10.6 Å². The second-order valence-electron chi connectivity index (χ2n) is 3.55. The van der Waals surface area contributed by atoms with Crippen LogP contribution in [0.2, 0.25) is 0 Å². The fraction of sp³-hybridized carbons (Fsp3) is 0.364. The van der Waals surface area contributed by atoms with Crippen molar-refractivity contribution in [3.05, 3.63) is 23.8 Å². The first-order valence-electron chi connectivity index (χ1n) is 5.28. The summed E-state index contributed by atoms with van der Waals surface area (Å²) >= 11 is 0. The fourth-order valence-electron chi connectivity index (χ4n) is 1.26. The van der Waals surface area contributed by atoms with Crippen LogP contribution >= 0.6 is 0 Å². The van der Waals surface area contributed by atoms with Crippen molar-refractivity contribution in [3.63, 3.8) is 0 Å². The van der Waals surface area contributed by atoms with Crippen molar-refractivity contribution in [2.75, 3.05) is 37.9 Å². The van der Waals surface area contributed by atoms with Crippen LogP contribution < -0.4 is 16.4 Å². The zero-order valence-corrected chi connectivity index (χ0v) is 9.93. The highest BCUT2D eigenvalue weighted by atomic mass is 19.1. The van der Waals surface area contributed by atoms with Gasteiger partial charge in [-0.2, -0.15) is 0 Å². The lowest BCUT2D eigenvalue weighted by molar-refractivity contribution is -0.119. The Bertz CT molecular complexity index is 427. The summed E-state index contributed by atoms with van der Waals surface area (Å²) in [4.78, 5) is 11.3. The van der Waals surface area contributed by atoms with Crippen LogP contribution in [-0.4, -0.2) is 32.7 Å². The van der Waals surface area contributed by atoms with Gasteiger partial charge in [-0.1, -0.05) is 0 Å². The Labute approximate surface area is 103 Å². The standard InChI is InChI=1S/C11H15F2N3O2/c1-18-3-2-15-10(17)6-16-9-5-7(12)4-8(13)11(9)14/h4-5,16H,2-3,6,14H2,1H3,(H,15,17). The Hall–Kier alpha value is -1.89. The molecule has 0 radical (unpaired) electrons. The molecule has 18 heavy (non-hydrogen) atoms. The Balaban J connectivity index is 2.50. The predicted molar refractivity (Wildman–Crippen MR) is 64.1 cm³/mol. The van der Waals surface area contributed by atoms with E-state index < -0.39 is 11.6 Å². The lowest BCUT2D eigenvalue weighted by atomic mass is 10.2. The van der Waals surface area contributed by atoms with E-state index >= 15 is 0 Å². The average Bonchev–Trinajstić information content (AvgIpc) is 2.32. The molecule has 0 bridgehead atoms. The molecule has 1 rings (SSSR count). The first-order valence-corrected chi connectivity index (χ1v) is 5.28. The van der Waals surface area contributed by atoms with Gasteiger partial charge in [-0.15, -0.1) is 0 Å². The minimum absolute atomic E-state index is 0.0504. The van der Waals surface area contributed by atoms with Crippen molar-refractivity contribution in [1.29, 1.82) is 0 Å². The highest BCUT2D eigenvalue weighted by molar-refractivity contribution is 5.82. The summed E-state index contributed by atoms with van der Waals surface area (Å²) in [5, 5.41) is 5.11. The van der Waals surface area contributed by atoms with Crippen LogP contribution in [0.4, 0.5) is 20.2 Å². The normalized spacial score (nSPS) is 10.2. The van der Waals surface area contributed by atoms with Gasteiger partial charge in [0.25, 0.3) is 0 Å². The van der Waals surface area contributed by atoms with Crippen molar-refractivity contribution < 1.29 is 18.3 Å². The van der Waals surface area contributed by atoms with Gasteiger partial charge >= 0.3 is 0 Å². The Morgan fingerprint density at radius 2 is 2.17 bits per heavy atom. The van der Waals surface area contributed by atoms with Gasteiger partial charge in [0.2, 0.25) is 5.91 Å². The lowest BCUT2D eigenvalue weighted by Gasteiger charge is -2.10. The van der Waals surface area contributed by atoms with Crippen molar-refractivity contribution in [2.24, 2.45) is 0 Å². The fourth-order valence-corrected chi connectivity index (χ4v) is 1.26. The van der Waals surface area contributed by atoms with Crippen LogP contribution in [0.25, 0.3) is 0 Å². The van der Waals surface area contributed by atoms with E-state index in [1.165, 1.54) is 7.11 Å². The molecule has 100 valence electrons. The second kappa shape index (κ2) is 6.75. The molecule has 7 heteroatoms. The van der Waals surface area contributed by atoms with E-state index in [1.54, 1.807) is 0 Å². The Kier molecular flexibility index (Phi) is 5.31. The van der Waals surface area contributed by atoms with Gasteiger partial charge in [-0.25, -0.2) is 8.78 Å². The molecule has 0 saturated carbocycles. The number of hydrogen-bond donors (Lipinski definition) is 3. The molecule has 0 fully saturated rings. The number of amides is 1. The molecule has 0 heterocycles. The summed E-state index contributed by atoms with van der Waals surface area (Å²) in [6, 6.07) is 1.71. The maximum absolute atomic E-state index is 13.1. The number of rotatable bonds is 6. The first kappa shape index (κ1) is 14.2. The highest BCUT2D eigenvalue weighted by Gasteiger charge is 2.09. The minimum Gasteiger partial charge on any atom is -0.395 e. The SMILES string of the molecule is COCCNC(=O)CNc1cc(F)cc(F)c1N. The molecule has 1 amide bonds. The number of carbonyl (C=O) groups is 1. The number of hydrogen-bond acceptors (Lipinski definition) is 4. The molecule has 0 spiro atoms. The second-order valence-corrected chi connectivity index (χ2v) is 3.55. The molecule has 0 aliphatic carbocycles. The van der Waals surface area contributed by atoms with Gasteiger partial charge in [-0.3, -0.25) is 4.79 Å². The Morgan fingerprint density at radius 1 is 1.44 bits per heavy atom. The molecular weight excluding hydrogens is 244 g/mol. The largest absolute Gasteiger partial charge is 0.395 e. The molecule has 1 aromatic rings. The van der Waals surface area contributed by atoms with Gasteiger partial charge in [-0.05, 0) is 6.07 Å². The monoisotopic (exact) mass is 259 g/mol. The van der Waals surface area contributed by atoms with Crippen molar-refractivity contribution in [2.45, 2.75) is 0 Å². The van der Waals surface area contributed by atoms with E-state index in [-0.39, 0.29) is 23.8 Å². The molecule has 0 unspecified atom stereocenters. The van der Waals surface area contributed by atoms with E-state index in [1.807, 2.05) is 0 Å². The van der Waals surface area contributed by atoms with Gasteiger partial charge < -0.3 is 21.1 Å². The summed E-state index contributed by atoms with van der Waals surface area (Å²) in [5.74, 6) is -1.95. The number of nitrogens with two attached hydrogens (primary N) is 1. The Morgan fingerprint density at radius 3 is 2.83 bits per heavy atom. The number of nitrogens with one attached hydrogen (secondary N) is 2. The van der Waals surface area contributed by atoms with Crippen LogP contribution in [0.1, 0.15) is 0 Å². The topological polar surface area (TPSA) is 76.4 Å². The van der Waals surface area contributed by atoms with E-state index in [9.17, 15) is 13.6 Å². The number of carbonyl (C=O) groups excluding carboxylic acids is 1.